The van der Waals surface area contributed by atoms with E-state index in [4.69, 9.17) is 5.11 Å². The summed E-state index contributed by atoms with van der Waals surface area (Å²) >= 11 is 0. The molecule has 2 aromatic carbocycles. The molecule has 8 heteroatoms. The maximum atomic E-state index is 12.3. The number of rotatable bonds is 7. The van der Waals surface area contributed by atoms with Gasteiger partial charge in [0.2, 0.25) is 0 Å². The molecular formula is C21H25N3O4S. The number of nitriles is 1. The van der Waals surface area contributed by atoms with Crippen molar-refractivity contribution in [2.45, 2.75) is 25.4 Å². The molecule has 0 unspecified atom stereocenters. The molecule has 1 atom stereocenters. The van der Waals surface area contributed by atoms with Crippen LogP contribution in [0.15, 0.2) is 41.3 Å². The predicted molar refractivity (Wildman–Crippen MR) is 114 cm³/mol. The van der Waals surface area contributed by atoms with E-state index in [0.29, 0.717) is 5.56 Å². The molecule has 1 heterocycles. The first kappa shape index (κ1) is 21.3. The Morgan fingerprint density at radius 3 is 2.55 bits per heavy atom. The van der Waals surface area contributed by atoms with E-state index in [9.17, 15) is 18.8 Å². The highest BCUT2D eigenvalue weighted by Gasteiger charge is 2.19. The fourth-order valence-electron chi connectivity index (χ4n) is 3.36. The molecule has 3 rings (SSSR count). The number of hydrogen-bond donors (Lipinski definition) is 3. The summed E-state index contributed by atoms with van der Waals surface area (Å²) in [7, 11) is -4.08. The van der Waals surface area contributed by atoms with Crippen LogP contribution in [0.1, 0.15) is 24.8 Å². The van der Waals surface area contributed by atoms with Gasteiger partial charge < -0.3 is 15.1 Å². The first-order chi connectivity index (χ1) is 13.9. The Morgan fingerprint density at radius 2 is 1.86 bits per heavy atom. The lowest BCUT2D eigenvalue weighted by atomic mass is 10.0. The van der Waals surface area contributed by atoms with E-state index in [1.165, 1.54) is 31.0 Å². The highest BCUT2D eigenvalue weighted by atomic mass is 32.2. The molecule has 29 heavy (non-hydrogen) atoms. The summed E-state index contributed by atoms with van der Waals surface area (Å²) < 4.78 is 26.7. The number of aliphatic hydroxyl groups excluding tert-OH is 2. The van der Waals surface area contributed by atoms with E-state index in [1.54, 1.807) is 12.1 Å². The molecule has 0 saturated carbocycles. The third-order valence-corrected chi connectivity index (χ3v) is 6.32. The average Bonchev–Trinajstić information content (AvgIpc) is 2.75. The first-order valence-corrected chi connectivity index (χ1v) is 11.1. The number of allylic oxidation sites excluding steroid dienone is 1. The third-order valence-electron chi connectivity index (χ3n) is 4.99. The van der Waals surface area contributed by atoms with Gasteiger partial charge in [0, 0.05) is 25.3 Å². The van der Waals surface area contributed by atoms with Crippen LogP contribution in [0.5, 0.6) is 0 Å². The van der Waals surface area contributed by atoms with Crippen LogP contribution in [0.4, 0.5) is 5.69 Å². The summed E-state index contributed by atoms with van der Waals surface area (Å²) in [5.74, 6) is 0. The smallest absolute Gasteiger partial charge is 0.250 e. The van der Waals surface area contributed by atoms with E-state index in [0.717, 1.165) is 23.9 Å². The van der Waals surface area contributed by atoms with Gasteiger partial charge in [-0.2, -0.15) is 5.26 Å². The molecule has 0 amide bonds. The molecular weight excluding hydrogens is 390 g/mol. The molecule has 1 aliphatic rings. The van der Waals surface area contributed by atoms with E-state index < -0.39 is 27.6 Å². The Kier molecular flexibility index (Phi) is 6.87. The molecule has 0 bridgehead atoms. The van der Waals surface area contributed by atoms with Gasteiger partial charge in [-0.15, -0.1) is 0 Å². The second-order valence-corrected chi connectivity index (χ2v) is 8.88. The van der Waals surface area contributed by atoms with Crippen molar-refractivity contribution >= 4 is 32.6 Å². The minimum atomic E-state index is -4.08. The molecule has 2 aromatic rings. The van der Waals surface area contributed by atoms with Gasteiger partial charge in [-0.3, -0.25) is 0 Å². The quantitative estimate of drug-likeness (QED) is 0.596. The van der Waals surface area contributed by atoms with Gasteiger partial charge in [-0.05, 0) is 59.9 Å². The highest BCUT2D eigenvalue weighted by molar-refractivity contribution is 7.93. The van der Waals surface area contributed by atoms with Gasteiger partial charge in [0.05, 0.1) is 12.7 Å². The van der Waals surface area contributed by atoms with Crippen LogP contribution in [0.25, 0.3) is 16.8 Å². The maximum Gasteiger partial charge on any atom is 0.250 e. The second-order valence-electron chi connectivity index (χ2n) is 7.15. The number of nitrogens with zero attached hydrogens (tertiary/aromatic N) is 2. The van der Waals surface area contributed by atoms with Crippen molar-refractivity contribution in [1.29, 1.82) is 5.26 Å². The van der Waals surface area contributed by atoms with E-state index in [1.807, 2.05) is 18.2 Å². The van der Waals surface area contributed by atoms with Crippen LogP contribution in [-0.4, -0.2) is 51.0 Å². The Labute approximate surface area is 170 Å². The van der Waals surface area contributed by atoms with Crippen molar-refractivity contribution in [3.8, 4) is 6.07 Å². The summed E-state index contributed by atoms with van der Waals surface area (Å²) in [5.41, 5.74) is 1.78. The number of anilines is 1. The number of hydrogen-bond acceptors (Lipinski definition) is 6. The zero-order valence-electron chi connectivity index (χ0n) is 16.1. The fourth-order valence-corrected chi connectivity index (χ4v) is 4.34. The maximum absolute atomic E-state index is 12.3. The number of benzene rings is 2. The van der Waals surface area contributed by atoms with Crippen LogP contribution in [0, 0.1) is 11.3 Å². The van der Waals surface area contributed by atoms with Gasteiger partial charge >= 0.3 is 0 Å². The number of sulfonamides is 1. The van der Waals surface area contributed by atoms with E-state index in [-0.39, 0.29) is 6.54 Å². The molecule has 0 spiro atoms. The SMILES string of the molecule is N#CC(=Cc1ccc2cc(N3CCCCC3)ccc2c1)S(=O)(=O)NC[C@H](O)CO. The zero-order chi connectivity index (χ0) is 20.9. The van der Waals surface area contributed by atoms with Crippen molar-refractivity contribution in [2.75, 3.05) is 31.1 Å². The highest BCUT2D eigenvalue weighted by Crippen LogP contribution is 2.26. The summed E-state index contributed by atoms with van der Waals surface area (Å²) in [6, 6.07) is 13.4. The topological polar surface area (TPSA) is 114 Å². The number of piperidine rings is 1. The van der Waals surface area contributed by atoms with Crippen LogP contribution < -0.4 is 9.62 Å². The van der Waals surface area contributed by atoms with Crippen LogP contribution >= 0.6 is 0 Å². The largest absolute Gasteiger partial charge is 0.394 e. The lowest BCUT2D eigenvalue weighted by Crippen LogP contribution is -2.34. The van der Waals surface area contributed by atoms with E-state index >= 15 is 0 Å². The number of aliphatic hydroxyl groups is 2. The van der Waals surface area contributed by atoms with E-state index in [2.05, 4.69) is 21.8 Å². The minimum absolute atomic E-state index is 0.366. The van der Waals surface area contributed by atoms with Crippen LogP contribution in [0.2, 0.25) is 0 Å². The molecule has 0 radical (unpaired) electrons. The third kappa shape index (κ3) is 5.34. The van der Waals surface area contributed by atoms with Crippen LogP contribution in [0.3, 0.4) is 0 Å². The van der Waals surface area contributed by atoms with Gasteiger partial charge in [-0.25, -0.2) is 13.1 Å². The van der Waals surface area contributed by atoms with Gasteiger partial charge in [0.1, 0.15) is 6.07 Å². The van der Waals surface area contributed by atoms with Gasteiger partial charge in [0.15, 0.2) is 4.91 Å². The molecule has 154 valence electrons. The average molecular weight is 416 g/mol. The summed E-state index contributed by atoms with van der Waals surface area (Å²) in [4.78, 5) is 1.93. The van der Waals surface area contributed by atoms with Gasteiger partial charge in [0.25, 0.3) is 10.0 Å². The molecule has 7 nitrogen and oxygen atoms in total. The minimum Gasteiger partial charge on any atom is -0.394 e. The second kappa shape index (κ2) is 9.37. The van der Waals surface area contributed by atoms with Crippen molar-refractivity contribution in [3.63, 3.8) is 0 Å². The molecule has 1 aliphatic heterocycles. The number of nitrogens with one attached hydrogen (secondary N) is 1. The Morgan fingerprint density at radius 1 is 1.17 bits per heavy atom. The van der Waals surface area contributed by atoms with Crippen molar-refractivity contribution < 1.29 is 18.6 Å². The fraction of sp³-hybridized carbons (Fsp3) is 0.381. The molecule has 1 fully saturated rings. The first-order valence-electron chi connectivity index (χ1n) is 9.62. The normalized spacial score (nSPS) is 16.6. The summed E-state index contributed by atoms with van der Waals surface area (Å²) in [6.45, 7) is 1.19. The Balaban J connectivity index is 1.84. The van der Waals surface area contributed by atoms with Crippen molar-refractivity contribution in [3.05, 3.63) is 46.9 Å². The number of fused-ring (bicyclic) bond motifs is 1. The molecule has 0 aliphatic carbocycles. The zero-order valence-corrected chi connectivity index (χ0v) is 16.9. The van der Waals surface area contributed by atoms with Crippen LogP contribution in [-0.2, 0) is 10.0 Å². The van der Waals surface area contributed by atoms with Gasteiger partial charge in [-0.1, -0.05) is 18.2 Å². The molecule has 3 N–H and O–H groups in total. The Bertz CT molecular complexity index is 1040. The summed E-state index contributed by atoms with van der Waals surface area (Å²) in [6.07, 6.45) is 3.76. The molecule has 0 aromatic heterocycles. The summed E-state index contributed by atoms with van der Waals surface area (Å²) in [5, 5.41) is 29.4. The molecule has 1 saturated heterocycles. The van der Waals surface area contributed by atoms with Crippen molar-refractivity contribution in [2.24, 2.45) is 0 Å². The predicted octanol–water partition coefficient (Wildman–Crippen LogP) is 1.97. The Hall–Kier alpha value is -2.44. The lowest BCUT2D eigenvalue weighted by molar-refractivity contribution is 0.0989. The van der Waals surface area contributed by atoms with Crippen molar-refractivity contribution in [1.82, 2.24) is 4.72 Å². The lowest BCUT2D eigenvalue weighted by Gasteiger charge is -2.29. The monoisotopic (exact) mass is 415 g/mol. The standard InChI is InChI=1S/C21H25N3O4S/c22-13-21(29(27,28)23-14-20(26)15-25)11-16-4-5-18-12-19(7-6-17(18)10-16)24-8-2-1-3-9-24/h4-7,10-12,20,23,25-26H,1-3,8-9,14-15H2/t20-/m0/s1.